The lowest BCUT2D eigenvalue weighted by atomic mass is 9.75. The van der Waals surface area contributed by atoms with Gasteiger partial charge in [-0.25, -0.2) is 13.6 Å². The Morgan fingerprint density at radius 3 is 2.19 bits per heavy atom. The molecule has 0 spiro atoms. The molecule has 8 heteroatoms. The SMILES string of the molecule is N#Cc1cc(F)c(F)cc1C1(O)CC2COCC(C1)N2C(=O)OCC1c2ccccc2-c2ccccc21. The summed E-state index contributed by atoms with van der Waals surface area (Å²) in [4.78, 5) is 15.0. The fourth-order valence-corrected chi connectivity index (χ4v) is 6.19. The van der Waals surface area contributed by atoms with Crippen LogP contribution in [-0.2, 0) is 15.1 Å². The van der Waals surface area contributed by atoms with E-state index in [1.807, 2.05) is 42.5 Å². The summed E-state index contributed by atoms with van der Waals surface area (Å²) in [5.74, 6) is -2.37. The molecule has 0 saturated carbocycles. The summed E-state index contributed by atoms with van der Waals surface area (Å²) in [6.07, 6.45) is -0.492. The van der Waals surface area contributed by atoms with Gasteiger partial charge in [-0.15, -0.1) is 0 Å². The zero-order valence-corrected chi connectivity index (χ0v) is 19.9. The van der Waals surface area contributed by atoms with Crippen molar-refractivity contribution in [3.05, 3.63) is 94.6 Å². The van der Waals surface area contributed by atoms with Gasteiger partial charge in [0.1, 0.15) is 6.61 Å². The highest BCUT2D eigenvalue weighted by atomic mass is 19.2. The predicted octanol–water partition coefficient (Wildman–Crippen LogP) is 4.84. The number of amides is 1. The molecular formula is C29H24F2N2O4. The number of ether oxygens (including phenoxy) is 2. The van der Waals surface area contributed by atoms with Gasteiger partial charge in [0.15, 0.2) is 11.6 Å². The zero-order valence-electron chi connectivity index (χ0n) is 19.9. The summed E-state index contributed by atoms with van der Waals surface area (Å²) < 4.78 is 39.3. The molecule has 37 heavy (non-hydrogen) atoms. The Labute approximate surface area is 212 Å². The lowest BCUT2D eigenvalue weighted by Crippen LogP contribution is -2.62. The van der Waals surface area contributed by atoms with Gasteiger partial charge in [0.2, 0.25) is 0 Å². The van der Waals surface area contributed by atoms with E-state index in [1.54, 1.807) is 4.90 Å². The van der Waals surface area contributed by atoms with Gasteiger partial charge in [-0.05, 0) is 34.4 Å². The lowest BCUT2D eigenvalue weighted by molar-refractivity contribution is -0.136. The molecule has 3 aliphatic rings. The number of hydrogen-bond donors (Lipinski definition) is 1. The van der Waals surface area contributed by atoms with Crippen LogP contribution < -0.4 is 0 Å². The molecule has 3 aromatic carbocycles. The normalized spacial score (nSPS) is 24.2. The first-order valence-electron chi connectivity index (χ1n) is 12.2. The molecule has 1 N–H and O–H groups in total. The molecular weight excluding hydrogens is 478 g/mol. The maximum atomic E-state index is 14.1. The number of nitrogens with zero attached hydrogens (tertiary/aromatic N) is 2. The summed E-state index contributed by atoms with van der Waals surface area (Å²) in [5.41, 5.74) is 2.76. The minimum Gasteiger partial charge on any atom is -0.448 e. The average Bonchev–Trinajstić information content (AvgIpc) is 3.21. The van der Waals surface area contributed by atoms with E-state index in [0.29, 0.717) is 0 Å². The fraction of sp³-hybridized carbons (Fsp3) is 0.310. The van der Waals surface area contributed by atoms with E-state index in [0.717, 1.165) is 34.4 Å². The van der Waals surface area contributed by atoms with E-state index < -0.39 is 35.4 Å². The van der Waals surface area contributed by atoms with Crippen molar-refractivity contribution in [2.45, 2.75) is 36.4 Å². The Morgan fingerprint density at radius 1 is 1.03 bits per heavy atom. The summed E-state index contributed by atoms with van der Waals surface area (Å²) in [6, 6.07) is 18.6. The Morgan fingerprint density at radius 2 is 1.59 bits per heavy atom. The van der Waals surface area contributed by atoms with Crippen LogP contribution in [0, 0.1) is 23.0 Å². The maximum Gasteiger partial charge on any atom is 0.410 e. The third-order valence-electron chi connectivity index (χ3n) is 7.78. The lowest BCUT2D eigenvalue weighted by Gasteiger charge is -2.51. The minimum atomic E-state index is -1.61. The second-order valence-electron chi connectivity index (χ2n) is 9.92. The molecule has 1 aliphatic carbocycles. The van der Waals surface area contributed by atoms with Gasteiger partial charge in [0.05, 0.1) is 42.5 Å². The number of rotatable bonds is 3. The van der Waals surface area contributed by atoms with E-state index in [1.165, 1.54) is 0 Å². The van der Waals surface area contributed by atoms with Crippen LogP contribution in [0.1, 0.15) is 41.0 Å². The quantitative estimate of drug-likeness (QED) is 0.555. The van der Waals surface area contributed by atoms with Crippen LogP contribution >= 0.6 is 0 Å². The van der Waals surface area contributed by atoms with Gasteiger partial charge in [0, 0.05) is 24.3 Å². The van der Waals surface area contributed by atoms with Gasteiger partial charge >= 0.3 is 6.09 Å². The van der Waals surface area contributed by atoms with Gasteiger partial charge < -0.3 is 14.6 Å². The molecule has 2 atom stereocenters. The molecule has 2 bridgehead atoms. The predicted molar refractivity (Wildman–Crippen MR) is 130 cm³/mol. The molecule has 2 heterocycles. The molecule has 2 saturated heterocycles. The number of nitriles is 1. The Balaban J connectivity index is 1.23. The van der Waals surface area contributed by atoms with Crippen molar-refractivity contribution in [1.82, 2.24) is 4.90 Å². The third kappa shape index (κ3) is 3.86. The van der Waals surface area contributed by atoms with E-state index in [9.17, 15) is 23.9 Å². The van der Waals surface area contributed by atoms with Crippen molar-refractivity contribution in [1.29, 1.82) is 5.26 Å². The summed E-state index contributed by atoms with van der Waals surface area (Å²) >= 11 is 0. The van der Waals surface area contributed by atoms with Crippen LogP contribution in [0.5, 0.6) is 0 Å². The number of benzene rings is 3. The zero-order chi connectivity index (χ0) is 25.7. The number of carbonyl (C=O) groups is 1. The van der Waals surface area contributed by atoms with E-state index in [4.69, 9.17) is 9.47 Å². The minimum absolute atomic E-state index is 0.00739. The van der Waals surface area contributed by atoms with Gasteiger partial charge in [0.25, 0.3) is 0 Å². The van der Waals surface area contributed by atoms with Crippen molar-refractivity contribution in [2.75, 3.05) is 19.8 Å². The molecule has 1 amide bonds. The molecule has 2 aliphatic heterocycles. The molecule has 0 radical (unpaired) electrons. The number of morpholine rings is 1. The fourth-order valence-electron chi connectivity index (χ4n) is 6.19. The second-order valence-corrected chi connectivity index (χ2v) is 9.92. The Kier molecular flexibility index (Phi) is 5.70. The molecule has 3 aromatic rings. The number of carbonyl (C=O) groups excluding carboxylic acids is 1. The first-order chi connectivity index (χ1) is 17.9. The first-order valence-corrected chi connectivity index (χ1v) is 12.2. The average molecular weight is 503 g/mol. The highest BCUT2D eigenvalue weighted by molar-refractivity contribution is 5.79. The standard InChI is InChI=1S/C29H24F2N2O4/c30-26-9-17(13-32)25(10-27(26)31)29(35)11-18-14-36-15-19(12-29)33(18)28(34)37-16-24-22-7-3-1-5-20(22)21-6-2-4-8-23(21)24/h1-10,18-19,24,35H,11-12,14-16H2. The summed E-state index contributed by atoms with van der Waals surface area (Å²) in [6.45, 7) is 0.485. The third-order valence-corrected chi connectivity index (χ3v) is 7.78. The van der Waals surface area contributed by atoms with Gasteiger partial charge in [-0.1, -0.05) is 48.5 Å². The van der Waals surface area contributed by atoms with Crippen molar-refractivity contribution in [2.24, 2.45) is 0 Å². The van der Waals surface area contributed by atoms with Crippen LogP contribution in [0.4, 0.5) is 13.6 Å². The topological polar surface area (TPSA) is 82.8 Å². The van der Waals surface area contributed by atoms with Crippen molar-refractivity contribution in [3.63, 3.8) is 0 Å². The number of piperidine rings is 1. The second kappa shape index (κ2) is 8.94. The van der Waals surface area contributed by atoms with E-state index in [2.05, 4.69) is 12.1 Å². The Hall–Kier alpha value is -3.80. The first kappa shape index (κ1) is 23.6. The summed E-state index contributed by atoms with van der Waals surface area (Å²) in [7, 11) is 0. The van der Waals surface area contributed by atoms with Crippen LogP contribution in [0.3, 0.4) is 0 Å². The number of aliphatic hydroxyl groups is 1. The number of hydrogen-bond acceptors (Lipinski definition) is 5. The van der Waals surface area contributed by atoms with E-state index >= 15 is 0 Å². The molecule has 2 fully saturated rings. The van der Waals surface area contributed by atoms with Crippen LogP contribution in [0.2, 0.25) is 0 Å². The molecule has 2 unspecified atom stereocenters. The number of halogens is 2. The maximum absolute atomic E-state index is 14.1. The highest BCUT2D eigenvalue weighted by Gasteiger charge is 2.50. The largest absolute Gasteiger partial charge is 0.448 e. The van der Waals surface area contributed by atoms with Crippen molar-refractivity contribution < 1.29 is 28.2 Å². The van der Waals surface area contributed by atoms with Crippen molar-refractivity contribution >= 4 is 6.09 Å². The van der Waals surface area contributed by atoms with Crippen LogP contribution in [0.15, 0.2) is 60.7 Å². The van der Waals surface area contributed by atoms with Crippen LogP contribution in [-0.4, -0.2) is 48.0 Å². The monoisotopic (exact) mass is 502 g/mol. The Bertz CT molecular complexity index is 1380. The van der Waals surface area contributed by atoms with E-state index in [-0.39, 0.29) is 49.7 Å². The van der Waals surface area contributed by atoms with Crippen molar-refractivity contribution in [3.8, 4) is 17.2 Å². The molecule has 6 rings (SSSR count). The summed E-state index contributed by atoms with van der Waals surface area (Å²) in [5, 5.41) is 21.0. The highest BCUT2D eigenvalue weighted by Crippen LogP contribution is 2.46. The van der Waals surface area contributed by atoms with Gasteiger partial charge in [-0.3, -0.25) is 4.90 Å². The molecule has 188 valence electrons. The number of fused-ring (bicyclic) bond motifs is 5. The molecule has 0 aromatic heterocycles. The smallest absolute Gasteiger partial charge is 0.410 e. The molecule has 6 nitrogen and oxygen atoms in total. The van der Waals surface area contributed by atoms with Gasteiger partial charge in [-0.2, -0.15) is 5.26 Å². The van der Waals surface area contributed by atoms with Crippen LogP contribution in [0.25, 0.3) is 11.1 Å².